The molecule has 0 aromatic carbocycles. The first-order valence-electron chi connectivity index (χ1n) is 6.68. The molecule has 1 aliphatic heterocycles. The molecular formula is C14H21N3O. The van der Waals surface area contributed by atoms with Crippen LogP contribution in [0, 0.1) is 0 Å². The van der Waals surface area contributed by atoms with Crippen molar-refractivity contribution in [1.82, 2.24) is 4.98 Å². The molecule has 0 saturated carbocycles. The molecule has 2 heterocycles. The number of ether oxygens (including phenoxy) is 1. The van der Waals surface area contributed by atoms with Gasteiger partial charge in [0.1, 0.15) is 11.5 Å². The largest absolute Gasteiger partial charge is 0.473 e. The number of hydrogen-bond acceptors (Lipinski definition) is 4. The Hall–Kier alpha value is -1.58. The van der Waals surface area contributed by atoms with Crippen molar-refractivity contribution < 1.29 is 4.74 Å². The molecule has 1 aromatic rings. The first-order valence-corrected chi connectivity index (χ1v) is 6.68. The molecule has 1 N–H and O–H groups in total. The molecule has 4 nitrogen and oxygen atoms in total. The van der Waals surface area contributed by atoms with E-state index in [4.69, 9.17) is 4.74 Å². The molecular weight excluding hydrogens is 226 g/mol. The highest BCUT2D eigenvalue weighted by Crippen LogP contribution is 2.22. The summed E-state index contributed by atoms with van der Waals surface area (Å²) in [6.07, 6.45) is 6.53. The lowest BCUT2D eigenvalue weighted by atomic mass is 10.2. The Morgan fingerprint density at radius 3 is 3.00 bits per heavy atom. The maximum absolute atomic E-state index is 5.69. The third-order valence-corrected chi connectivity index (χ3v) is 2.77. The number of pyridine rings is 1. The average Bonchev–Trinajstić information content (AvgIpc) is 2.60. The normalized spacial score (nSPS) is 16.1. The molecule has 4 heteroatoms. The van der Waals surface area contributed by atoms with Gasteiger partial charge >= 0.3 is 0 Å². The van der Waals surface area contributed by atoms with Gasteiger partial charge in [-0.15, -0.1) is 0 Å². The van der Waals surface area contributed by atoms with E-state index in [0.717, 1.165) is 24.5 Å². The lowest BCUT2D eigenvalue weighted by Crippen LogP contribution is -2.15. The highest BCUT2D eigenvalue weighted by Gasteiger charge is 2.10. The molecule has 0 unspecified atom stereocenters. The molecule has 18 heavy (non-hydrogen) atoms. The number of hydrogen-bond donors (Lipinski definition) is 1. The molecule has 0 saturated heterocycles. The molecule has 1 aromatic heterocycles. The third kappa shape index (κ3) is 3.72. The van der Waals surface area contributed by atoms with Crippen molar-refractivity contribution in [2.45, 2.75) is 45.6 Å². The van der Waals surface area contributed by atoms with Crippen LogP contribution in [0.2, 0.25) is 0 Å². The highest BCUT2D eigenvalue weighted by molar-refractivity contribution is 5.96. The van der Waals surface area contributed by atoms with E-state index in [2.05, 4.69) is 15.3 Å². The van der Waals surface area contributed by atoms with Crippen molar-refractivity contribution in [3.05, 3.63) is 18.3 Å². The number of amidine groups is 1. The topological polar surface area (TPSA) is 46.5 Å². The Bertz CT molecular complexity index is 415. The molecule has 0 aliphatic carbocycles. The SMILES string of the molecule is CC(C)Oc1ncccc1NC1=NCCCCC1. The van der Waals surface area contributed by atoms with Gasteiger partial charge in [0.25, 0.3) is 0 Å². The second-order valence-electron chi connectivity index (χ2n) is 4.79. The van der Waals surface area contributed by atoms with E-state index in [-0.39, 0.29) is 6.10 Å². The van der Waals surface area contributed by atoms with E-state index >= 15 is 0 Å². The van der Waals surface area contributed by atoms with Gasteiger partial charge in [-0.3, -0.25) is 4.99 Å². The van der Waals surface area contributed by atoms with Crippen LogP contribution in [0.25, 0.3) is 0 Å². The molecule has 0 radical (unpaired) electrons. The minimum Gasteiger partial charge on any atom is -0.473 e. The molecule has 0 spiro atoms. The maximum Gasteiger partial charge on any atom is 0.237 e. The Morgan fingerprint density at radius 1 is 1.28 bits per heavy atom. The van der Waals surface area contributed by atoms with Crippen LogP contribution in [0.5, 0.6) is 5.88 Å². The Balaban J connectivity index is 2.10. The Labute approximate surface area is 108 Å². The lowest BCUT2D eigenvalue weighted by molar-refractivity contribution is 0.234. The van der Waals surface area contributed by atoms with Crippen LogP contribution in [-0.4, -0.2) is 23.5 Å². The van der Waals surface area contributed by atoms with E-state index < -0.39 is 0 Å². The average molecular weight is 247 g/mol. The van der Waals surface area contributed by atoms with Crippen molar-refractivity contribution in [3.63, 3.8) is 0 Å². The number of aromatic nitrogens is 1. The fourth-order valence-electron chi connectivity index (χ4n) is 1.93. The van der Waals surface area contributed by atoms with Gasteiger partial charge < -0.3 is 10.1 Å². The standard InChI is InChI=1S/C14H21N3O/c1-11(2)18-14-12(7-6-10-16-14)17-13-8-4-3-5-9-15-13/h6-7,10-11H,3-5,8-9H2,1-2H3,(H,15,17). The number of nitrogens with zero attached hydrogens (tertiary/aromatic N) is 2. The van der Waals surface area contributed by atoms with Gasteiger partial charge in [-0.1, -0.05) is 6.42 Å². The number of nitrogens with one attached hydrogen (secondary N) is 1. The summed E-state index contributed by atoms with van der Waals surface area (Å²) >= 11 is 0. The molecule has 98 valence electrons. The van der Waals surface area contributed by atoms with Crippen LogP contribution in [0.1, 0.15) is 39.5 Å². The second kappa shape index (κ2) is 6.38. The number of anilines is 1. The third-order valence-electron chi connectivity index (χ3n) is 2.77. The molecule has 2 rings (SSSR count). The van der Waals surface area contributed by atoms with Crippen LogP contribution in [0.3, 0.4) is 0 Å². The zero-order valence-electron chi connectivity index (χ0n) is 11.1. The summed E-state index contributed by atoms with van der Waals surface area (Å²) in [5.74, 6) is 1.70. The van der Waals surface area contributed by atoms with Crippen LogP contribution in [-0.2, 0) is 0 Å². The van der Waals surface area contributed by atoms with E-state index in [1.54, 1.807) is 6.20 Å². The first kappa shape index (κ1) is 12.9. The number of rotatable bonds is 3. The smallest absolute Gasteiger partial charge is 0.237 e. The molecule has 0 bridgehead atoms. The minimum atomic E-state index is 0.122. The summed E-state index contributed by atoms with van der Waals surface area (Å²) in [6.45, 7) is 4.92. The second-order valence-corrected chi connectivity index (χ2v) is 4.79. The van der Waals surface area contributed by atoms with Crippen LogP contribution >= 0.6 is 0 Å². The van der Waals surface area contributed by atoms with E-state index in [1.807, 2.05) is 26.0 Å². The summed E-state index contributed by atoms with van der Waals surface area (Å²) in [6, 6.07) is 3.89. The van der Waals surface area contributed by atoms with Crippen LogP contribution in [0.4, 0.5) is 5.69 Å². The number of aliphatic imine (C=N–C) groups is 1. The predicted molar refractivity (Wildman–Crippen MR) is 74.4 cm³/mol. The van der Waals surface area contributed by atoms with Gasteiger partial charge in [0.2, 0.25) is 5.88 Å². The fraction of sp³-hybridized carbons (Fsp3) is 0.571. The van der Waals surface area contributed by atoms with Crippen LogP contribution in [0.15, 0.2) is 23.3 Å². The molecule has 0 atom stereocenters. The summed E-state index contributed by atoms with van der Waals surface area (Å²) in [7, 11) is 0. The van der Waals surface area contributed by atoms with Crippen molar-refractivity contribution in [1.29, 1.82) is 0 Å². The van der Waals surface area contributed by atoms with Crippen LogP contribution < -0.4 is 10.1 Å². The van der Waals surface area contributed by atoms with Gasteiger partial charge in [0.05, 0.1) is 6.10 Å². The minimum absolute atomic E-state index is 0.122. The summed E-state index contributed by atoms with van der Waals surface area (Å²) < 4.78 is 5.69. The summed E-state index contributed by atoms with van der Waals surface area (Å²) in [4.78, 5) is 8.83. The quantitative estimate of drug-likeness (QED) is 0.891. The first-order chi connectivity index (χ1) is 8.75. The zero-order chi connectivity index (χ0) is 12.8. The molecule has 0 fully saturated rings. The summed E-state index contributed by atoms with van der Waals surface area (Å²) in [5.41, 5.74) is 0.909. The lowest BCUT2D eigenvalue weighted by Gasteiger charge is -2.14. The summed E-state index contributed by atoms with van der Waals surface area (Å²) in [5, 5.41) is 3.36. The molecule has 0 amide bonds. The van der Waals surface area contributed by atoms with E-state index in [1.165, 1.54) is 19.3 Å². The Morgan fingerprint density at radius 2 is 2.17 bits per heavy atom. The van der Waals surface area contributed by atoms with E-state index in [0.29, 0.717) is 5.88 Å². The zero-order valence-corrected chi connectivity index (χ0v) is 11.1. The van der Waals surface area contributed by atoms with Crippen molar-refractivity contribution in [2.75, 3.05) is 11.9 Å². The van der Waals surface area contributed by atoms with Gasteiger partial charge in [-0.05, 0) is 38.8 Å². The monoisotopic (exact) mass is 247 g/mol. The van der Waals surface area contributed by atoms with Gasteiger partial charge in [-0.25, -0.2) is 4.98 Å². The van der Waals surface area contributed by atoms with Crippen molar-refractivity contribution >= 4 is 11.5 Å². The van der Waals surface area contributed by atoms with Gasteiger partial charge in [0.15, 0.2) is 0 Å². The fourth-order valence-corrected chi connectivity index (χ4v) is 1.93. The maximum atomic E-state index is 5.69. The Kier molecular flexibility index (Phi) is 4.56. The molecule has 1 aliphatic rings. The predicted octanol–water partition coefficient (Wildman–Crippen LogP) is 3.25. The highest BCUT2D eigenvalue weighted by atomic mass is 16.5. The van der Waals surface area contributed by atoms with Gasteiger partial charge in [-0.2, -0.15) is 0 Å². The van der Waals surface area contributed by atoms with Gasteiger partial charge in [0, 0.05) is 19.2 Å². The van der Waals surface area contributed by atoms with E-state index in [9.17, 15) is 0 Å². The van der Waals surface area contributed by atoms with Crippen molar-refractivity contribution in [2.24, 2.45) is 4.99 Å². The van der Waals surface area contributed by atoms with Crippen molar-refractivity contribution in [3.8, 4) is 5.88 Å².